The summed E-state index contributed by atoms with van der Waals surface area (Å²) < 4.78 is 19.3. The summed E-state index contributed by atoms with van der Waals surface area (Å²) in [7, 11) is 0. The van der Waals surface area contributed by atoms with E-state index in [0.717, 1.165) is 5.56 Å². The zero-order chi connectivity index (χ0) is 11.7. The first-order valence-electron chi connectivity index (χ1n) is 5.42. The summed E-state index contributed by atoms with van der Waals surface area (Å²) in [5, 5.41) is 6.74. The summed E-state index contributed by atoms with van der Waals surface area (Å²) in [5.41, 5.74) is -0.761. The number of nitrogens with zero attached hydrogens (tertiary/aromatic N) is 3. The van der Waals surface area contributed by atoms with Gasteiger partial charge in [0.25, 0.3) is 5.89 Å². The topological polar surface area (TPSA) is 63.8 Å². The molecule has 1 aliphatic heterocycles. The molecular weight excluding hydrogens is 223 g/mol. The Kier molecular flexibility index (Phi) is 2.36. The highest BCUT2D eigenvalue weighted by atomic mass is 19.1. The molecule has 0 aliphatic carbocycles. The van der Waals surface area contributed by atoms with Gasteiger partial charge in [-0.05, 0) is 18.7 Å². The molecule has 1 saturated heterocycles. The molecule has 5 nitrogen and oxygen atoms in total. The van der Waals surface area contributed by atoms with Crippen LogP contribution in [0.25, 0.3) is 11.4 Å². The molecular formula is C11H11FN4O. The number of nitrogens with one attached hydrogen (secondary N) is 1. The normalized spacial score (nSPS) is 24.1. The largest absolute Gasteiger partial charge is 0.335 e. The molecule has 2 aromatic heterocycles. The molecule has 17 heavy (non-hydrogen) atoms. The minimum Gasteiger partial charge on any atom is -0.335 e. The van der Waals surface area contributed by atoms with E-state index in [-0.39, 0.29) is 12.4 Å². The van der Waals surface area contributed by atoms with Crippen LogP contribution in [0, 0.1) is 0 Å². The van der Waals surface area contributed by atoms with Crippen LogP contribution in [0.15, 0.2) is 29.0 Å². The van der Waals surface area contributed by atoms with Gasteiger partial charge in [0.1, 0.15) is 0 Å². The summed E-state index contributed by atoms with van der Waals surface area (Å²) >= 11 is 0. The fourth-order valence-corrected chi connectivity index (χ4v) is 1.87. The van der Waals surface area contributed by atoms with Crippen molar-refractivity contribution >= 4 is 0 Å². The lowest BCUT2D eigenvalue weighted by atomic mass is 10.1. The van der Waals surface area contributed by atoms with Crippen molar-refractivity contribution in [1.82, 2.24) is 20.4 Å². The van der Waals surface area contributed by atoms with Crippen LogP contribution in [0.1, 0.15) is 12.3 Å². The first-order valence-corrected chi connectivity index (χ1v) is 5.42. The second-order valence-electron chi connectivity index (χ2n) is 4.05. The van der Waals surface area contributed by atoms with Gasteiger partial charge in [-0.25, -0.2) is 4.39 Å². The van der Waals surface area contributed by atoms with Gasteiger partial charge in [0.15, 0.2) is 0 Å². The predicted octanol–water partition coefficient (Wildman–Crippen LogP) is 1.29. The van der Waals surface area contributed by atoms with Gasteiger partial charge in [-0.2, -0.15) is 4.98 Å². The van der Waals surface area contributed by atoms with E-state index in [2.05, 4.69) is 20.4 Å². The molecule has 0 aromatic carbocycles. The van der Waals surface area contributed by atoms with Crippen LogP contribution in [0.3, 0.4) is 0 Å². The number of alkyl halides is 1. The van der Waals surface area contributed by atoms with Crippen molar-refractivity contribution in [2.24, 2.45) is 0 Å². The smallest absolute Gasteiger partial charge is 0.266 e. The maximum Gasteiger partial charge on any atom is 0.266 e. The van der Waals surface area contributed by atoms with Crippen LogP contribution in [0.4, 0.5) is 4.39 Å². The fraction of sp³-hybridized carbons (Fsp3) is 0.364. The molecule has 0 bridgehead atoms. The van der Waals surface area contributed by atoms with E-state index in [1.807, 2.05) is 0 Å². The van der Waals surface area contributed by atoms with Crippen molar-refractivity contribution < 1.29 is 8.91 Å². The summed E-state index contributed by atoms with van der Waals surface area (Å²) in [5.74, 6) is 0.445. The molecule has 3 rings (SSSR count). The second-order valence-corrected chi connectivity index (χ2v) is 4.05. The lowest BCUT2D eigenvalue weighted by Crippen LogP contribution is -2.23. The Morgan fingerprint density at radius 3 is 2.88 bits per heavy atom. The Hall–Kier alpha value is -1.82. The molecule has 1 fully saturated rings. The van der Waals surface area contributed by atoms with Crippen molar-refractivity contribution in [2.45, 2.75) is 12.1 Å². The van der Waals surface area contributed by atoms with E-state index < -0.39 is 5.67 Å². The predicted molar refractivity (Wildman–Crippen MR) is 57.8 cm³/mol. The van der Waals surface area contributed by atoms with Gasteiger partial charge in [-0.1, -0.05) is 5.16 Å². The first-order chi connectivity index (χ1) is 8.28. The van der Waals surface area contributed by atoms with Gasteiger partial charge in [-0.3, -0.25) is 4.98 Å². The molecule has 1 aliphatic rings. The van der Waals surface area contributed by atoms with E-state index in [1.165, 1.54) is 0 Å². The number of aromatic nitrogens is 3. The summed E-state index contributed by atoms with van der Waals surface area (Å²) in [6.45, 7) is 0.856. The average molecular weight is 234 g/mol. The van der Waals surface area contributed by atoms with E-state index >= 15 is 0 Å². The Morgan fingerprint density at radius 2 is 2.18 bits per heavy atom. The minimum absolute atomic E-state index is 0.0503. The maximum atomic E-state index is 14.3. The Bertz CT molecular complexity index is 507. The van der Waals surface area contributed by atoms with Crippen LogP contribution in [-0.2, 0) is 5.67 Å². The van der Waals surface area contributed by atoms with Crippen LogP contribution < -0.4 is 5.32 Å². The van der Waals surface area contributed by atoms with Crippen molar-refractivity contribution in [3.05, 3.63) is 30.4 Å². The first kappa shape index (κ1) is 10.3. The Balaban J connectivity index is 1.93. The third-order valence-corrected chi connectivity index (χ3v) is 2.85. The molecule has 2 aromatic rings. The minimum atomic E-state index is -1.53. The van der Waals surface area contributed by atoms with Gasteiger partial charge in [0.05, 0.1) is 0 Å². The average Bonchev–Trinajstić information content (AvgIpc) is 2.99. The third-order valence-electron chi connectivity index (χ3n) is 2.85. The van der Waals surface area contributed by atoms with Crippen LogP contribution in [0.5, 0.6) is 0 Å². The lowest BCUT2D eigenvalue weighted by molar-refractivity contribution is 0.134. The monoisotopic (exact) mass is 234 g/mol. The van der Waals surface area contributed by atoms with Gasteiger partial charge in [0, 0.05) is 30.9 Å². The van der Waals surface area contributed by atoms with Crippen LogP contribution >= 0.6 is 0 Å². The number of pyridine rings is 1. The van der Waals surface area contributed by atoms with Crippen molar-refractivity contribution in [1.29, 1.82) is 0 Å². The molecule has 1 atom stereocenters. The lowest BCUT2D eigenvalue weighted by Gasteiger charge is -2.10. The number of hydrogen-bond acceptors (Lipinski definition) is 5. The number of rotatable bonds is 2. The molecule has 88 valence electrons. The number of hydrogen-bond donors (Lipinski definition) is 1. The molecule has 0 amide bonds. The Labute approximate surface area is 97.1 Å². The SMILES string of the molecule is FC1(c2nc(-c3ccncc3)no2)CCNC1. The zero-order valence-corrected chi connectivity index (χ0v) is 9.06. The van der Waals surface area contributed by atoms with E-state index in [0.29, 0.717) is 18.8 Å². The van der Waals surface area contributed by atoms with Gasteiger partial charge < -0.3 is 9.84 Å². The Morgan fingerprint density at radius 1 is 1.35 bits per heavy atom. The molecule has 3 heterocycles. The quantitative estimate of drug-likeness (QED) is 0.848. The van der Waals surface area contributed by atoms with Crippen molar-refractivity contribution in [3.63, 3.8) is 0 Å². The third kappa shape index (κ3) is 1.80. The zero-order valence-electron chi connectivity index (χ0n) is 9.06. The molecule has 6 heteroatoms. The highest BCUT2D eigenvalue weighted by molar-refractivity contribution is 5.52. The van der Waals surface area contributed by atoms with Crippen LogP contribution in [0.2, 0.25) is 0 Å². The van der Waals surface area contributed by atoms with E-state index in [9.17, 15) is 4.39 Å². The molecule has 0 radical (unpaired) electrons. The molecule has 0 spiro atoms. The van der Waals surface area contributed by atoms with Crippen molar-refractivity contribution in [3.8, 4) is 11.4 Å². The maximum absolute atomic E-state index is 14.3. The fourth-order valence-electron chi connectivity index (χ4n) is 1.87. The summed E-state index contributed by atoms with van der Waals surface area (Å²) in [6, 6.07) is 3.51. The van der Waals surface area contributed by atoms with E-state index in [1.54, 1.807) is 24.5 Å². The molecule has 0 saturated carbocycles. The second kappa shape index (κ2) is 3.89. The van der Waals surface area contributed by atoms with Gasteiger partial charge >= 0.3 is 0 Å². The summed E-state index contributed by atoms with van der Waals surface area (Å²) in [6.07, 6.45) is 3.63. The number of halogens is 1. The van der Waals surface area contributed by atoms with Gasteiger partial charge in [-0.15, -0.1) is 0 Å². The highest BCUT2D eigenvalue weighted by Crippen LogP contribution is 2.31. The van der Waals surface area contributed by atoms with Crippen molar-refractivity contribution in [2.75, 3.05) is 13.1 Å². The molecule has 1 unspecified atom stereocenters. The standard InChI is InChI=1S/C11H11FN4O/c12-11(3-6-14-7-11)10-15-9(16-17-10)8-1-4-13-5-2-8/h1-2,4-5,14H,3,6-7H2. The van der Waals surface area contributed by atoms with Gasteiger partial charge in [0.2, 0.25) is 11.5 Å². The van der Waals surface area contributed by atoms with E-state index in [4.69, 9.17) is 4.52 Å². The highest BCUT2D eigenvalue weighted by Gasteiger charge is 2.41. The summed E-state index contributed by atoms with van der Waals surface area (Å²) in [4.78, 5) is 8.01. The molecule has 1 N–H and O–H groups in total. The van der Waals surface area contributed by atoms with Crippen LogP contribution in [-0.4, -0.2) is 28.2 Å².